The molecule has 7 heteroatoms. The van der Waals surface area contributed by atoms with E-state index in [9.17, 15) is 9.59 Å². The van der Waals surface area contributed by atoms with E-state index in [0.29, 0.717) is 42.3 Å². The number of pyridine rings is 2. The molecule has 5 rings (SSSR count). The summed E-state index contributed by atoms with van der Waals surface area (Å²) in [7, 11) is 0. The number of piperidine rings is 3. The molecule has 5 heterocycles. The predicted octanol–water partition coefficient (Wildman–Crippen LogP) is 2.24. The van der Waals surface area contributed by atoms with Crippen LogP contribution < -0.4 is 10.2 Å². The van der Waals surface area contributed by atoms with Crippen LogP contribution in [0.2, 0.25) is 0 Å². The van der Waals surface area contributed by atoms with Gasteiger partial charge in [-0.05, 0) is 54.9 Å². The number of nitrogens with one attached hydrogen (secondary N) is 1. The van der Waals surface area contributed by atoms with E-state index in [1.807, 2.05) is 24.3 Å². The van der Waals surface area contributed by atoms with Crippen LogP contribution in [0.25, 0.3) is 0 Å². The lowest BCUT2D eigenvalue weighted by Crippen LogP contribution is -2.60. The highest BCUT2D eigenvalue weighted by atomic mass is 16.2. The third kappa shape index (κ3) is 3.64. The maximum absolute atomic E-state index is 12.9. The lowest BCUT2D eigenvalue weighted by Gasteiger charge is -2.52. The number of aromatic nitrogens is 2. The van der Waals surface area contributed by atoms with Gasteiger partial charge in [0.25, 0.3) is 5.91 Å². The fourth-order valence-electron chi connectivity index (χ4n) is 5.39. The summed E-state index contributed by atoms with van der Waals surface area (Å²) in [5, 5.41) is 3.00. The van der Waals surface area contributed by atoms with Gasteiger partial charge in [-0.25, -0.2) is 4.98 Å². The van der Waals surface area contributed by atoms with E-state index < -0.39 is 0 Å². The topological polar surface area (TPSA) is 78.4 Å². The summed E-state index contributed by atoms with van der Waals surface area (Å²) < 4.78 is 0. The second-order valence-corrected chi connectivity index (χ2v) is 8.69. The summed E-state index contributed by atoms with van der Waals surface area (Å²) in [6.07, 6.45) is 9.19. The SMILES string of the molecule is O=C(NCc1cccnc1)c1cccnc1N1C[C@H]2C[C@H](C1)[C@H]1CCCC(=O)N1C2. The third-order valence-electron chi connectivity index (χ3n) is 6.69. The first-order valence-electron chi connectivity index (χ1n) is 10.9. The Bertz CT molecular complexity index is 934. The summed E-state index contributed by atoms with van der Waals surface area (Å²) in [5.74, 6) is 1.85. The number of amides is 2. The van der Waals surface area contributed by atoms with Crippen molar-refractivity contribution in [3.8, 4) is 0 Å². The van der Waals surface area contributed by atoms with E-state index in [2.05, 4.69) is 25.1 Å². The predicted molar refractivity (Wildman–Crippen MR) is 113 cm³/mol. The zero-order valence-corrected chi connectivity index (χ0v) is 17.0. The van der Waals surface area contributed by atoms with Gasteiger partial charge in [-0.2, -0.15) is 0 Å². The fraction of sp³-hybridized carbons (Fsp3) is 0.478. The molecular weight excluding hydrogens is 378 g/mol. The maximum Gasteiger partial charge on any atom is 0.255 e. The Morgan fingerprint density at radius 2 is 2.07 bits per heavy atom. The Labute approximate surface area is 176 Å². The number of hydrogen-bond acceptors (Lipinski definition) is 5. The zero-order chi connectivity index (χ0) is 20.5. The number of hydrogen-bond donors (Lipinski definition) is 1. The van der Waals surface area contributed by atoms with Crippen LogP contribution in [0.4, 0.5) is 5.82 Å². The van der Waals surface area contributed by atoms with E-state index in [1.54, 1.807) is 18.6 Å². The van der Waals surface area contributed by atoms with Gasteiger partial charge in [0.2, 0.25) is 5.91 Å². The number of carbonyl (C=O) groups excluding carboxylic acids is 2. The lowest BCUT2D eigenvalue weighted by atomic mass is 9.76. The van der Waals surface area contributed by atoms with E-state index in [-0.39, 0.29) is 5.91 Å². The quantitative estimate of drug-likeness (QED) is 0.844. The first-order chi connectivity index (χ1) is 14.7. The van der Waals surface area contributed by atoms with E-state index in [0.717, 1.165) is 43.9 Å². The van der Waals surface area contributed by atoms with Crippen LogP contribution in [0.15, 0.2) is 42.9 Å². The molecule has 2 aromatic rings. The molecule has 0 saturated carbocycles. The molecule has 3 fully saturated rings. The van der Waals surface area contributed by atoms with Crippen molar-refractivity contribution in [2.75, 3.05) is 24.5 Å². The minimum absolute atomic E-state index is 0.118. The van der Waals surface area contributed by atoms with E-state index in [1.165, 1.54) is 6.42 Å². The molecule has 0 aromatic carbocycles. The van der Waals surface area contributed by atoms with E-state index >= 15 is 0 Å². The monoisotopic (exact) mass is 405 g/mol. The summed E-state index contributed by atoms with van der Waals surface area (Å²) in [4.78, 5) is 38.4. The molecule has 7 nitrogen and oxygen atoms in total. The van der Waals surface area contributed by atoms with Crippen molar-refractivity contribution in [1.82, 2.24) is 20.2 Å². The average Bonchev–Trinajstić information content (AvgIpc) is 2.79. The molecule has 0 radical (unpaired) electrons. The number of fused-ring (bicyclic) bond motifs is 4. The molecule has 2 amide bonds. The molecule has 1 N–H and O–H groups in total. The van der Waals surface area contributed by atoms with E-state index in [4.69, 9.17) is 0 Å². The highest BCUT2D eigenvalue weighted by Gasteiger charge is 2.44. The molecule has 0 aliphatic carbocycles. The zero-order valence-electron chi connectivity index (χ0n) is 17.0. The van der Waals surface area contributed by atoms with Crippen LogP contribution in [0.3, 0.4) is 0 Å². The smallest absolute Gasteiger partial charge is 0.255 e. The molecule has 3 aliphatic heterocycles. The van der Waals surface area contributed by atoms with Gasteiger partial charge < -0.3 is 15.1 Å². The van der Waals surface area contributed by atoms with Crippen molar-refractivity contribution in [3.63, 3.8) is 0 Å². The molecular formula is C23H27N5O2. The highest BCUT2D eigenvalue weighted by molar-refractivity contribution is 5.98. The summed E-state index contributed by atoms with van der Waals surface area (Å²) in [6, 6.07) is 7.82. The molecule has 2 aromatic heterocycles. The van der Waals surface area contributed by atoms with Crippen molar-refractivity contribution in [2.45, 2.75) is 38.3 Å². The third-order valence-corrected chi connectivity index (χ3v) is 6.69. The number of anilines is 1. The van der Waals surface area contributed by atoms with Gasteiger partial charge in [0.05, 0.1) is 5.56 Å². The van der Waals surface area contributed by atoms with Gasteiger partial charge in [-0.15, -0.1) is 0 Å². The molecule has 3 saturated heterocycles. The van der Waals surface area contributed by atoms with Crippen LogP contribution in [-0.2, 0) is 11.3 Å². The van der Waals surface area contributed by atoms with Crippen molar-refractivity contribution >= 4 is 17.6 Å². The Kier molecular flexibility index (Phi) is 5.11. The Morgan fingerprint density at radius 1 is 1.17 bits per heavy atom. The normalized spacial score (nSPS) is 25.6. The van der Waals surface area contributed by atoms with Gasteiger partial charge in [-0.3, -0.25) is 14.6 Å². The minimum Gasteiger partial charge on any atom is -0.355 e. The van der Waals surface area contributed by atoms with Crippen LogP contribution in [0, 0.1) is 11.8 Å². The van der Waals surface area contributed by atoms with Crippen molar-refractivity contribution in [3.05, 3.63) is 54.0 Å². The van der Waals surface area contributed by atoms with Crippen LogP contribution in [-0.4, -0.2) is 52.4 Å². The van der Waals surface area contributed by atoms with Crippen molar-refractivity contribution in [1.29, 1.82) is 0 Å². The van der Waals surface area contributed by atoms with Gasteiger partial charge in [0.1, 0.15) is 5.82 Å². The van der Waals surface area contributed by atoms with Crippen LogP contribution >= 0.6 is 0 Å². The molecule has 0 spiro atoms. The van der Waals surface area contributed by atoms with Crippen molar-refractivity contribution < 1.29 is 9.59 Å². The molecule has 3 atom stereocenters. The Morgan fingerprint density at radius 3 is 2.93 bits per heavy atom. The first-order valence-corrected chi connectivity index (χ1v) is 10.9. The lowest BCUT2D eigenvalue weighted by molar-refractivity contribution is -0.142. The molecule has 0 unspecified atom stereocenters. The highest BCUT2D eigenvalue weighted by Crippen LogP contribution is 2.39. The number of rotatable bonds is 4. The largest absolute Gasteiger partial charge is 0.355 e. The van der Waals surface area contributed by atoms with Crippen molar-refractivity contribution in [2.24, 2.45) is 11.8 Å². The molecule has 2 bridgehead atoms. The first kappa shape index (κ1) is 19.0. The second kappa shape index (κ2) is 8.05. The summed E-state index contributed by atoms with van der Waals surface area (Å²) >= 11 is 0. The average molecular weight is 406 g/mol. The Hall–Kier alpha value is -2.96. The maximum atomic E-state index is 12.9. The second-order valence-electron chi connectivity index (χ2n) is 8.69. The van der Waals surface area contributed by atoms with Crippen LogP contribution in [0.5, 0.6) is 0 Å². The van der Waals surface area contributed by atoms with Gasteiger partial charge in [-0.1, -0.05) is 6.07 Å². The standard InChI is InChI=1S/C23H27N5O2/c29-21-7-1-6-20-18-10-17(14-28(20)21)13-27(15-18)22-19(5-3-9-25-22)23(30)26-12-16-4-2-8-24-11-16/h2-5,8-9,11,17-18,20H,1,6-7,10,12-15H2,(H,26,30)/t17-,18-,20-/m1/s1. The summed E-state index contributed by atoms with van der Waals surface area (Å²) in [5.41, 5.74) is 1.57. The molecule has 3 aliphatic rings. The Balaban J connectivity index is 1.33. The molecule has 30 heavy (non-hydrogen) atoms. The van der Waals surface area contributed by atoms with Gasteiger partial charge >= 0.3 is 0 Å². The minimum atomic E-state index is -0.118. The van der Waals surface area contributed by atoms with Gasteiger partial charge in [0, 0.05) is 57.2 Å². The number of nitrogens with zero attached hydrogens (tertiary/aromatic N) is 4. The fourth-order valence-corrected chi connectivity index (χ4v) is 5.39. The number of carbonyl (C=O) groups is 2. The summed E-state index contributed by atoms with van der Waals surface area (Å²) in [6.45, 7) is 2.97. The van der Waals surface area contributed by atoms with Gasteiger partial charge in [0.15, 0.2) is 0 Å². The molecule has 156 valence electrons. The van der Waals surface area contributed by atoms with Crippen LogP contribution in [0.1, 0.15) is 41.6 Å².